The summed E-state index contributed by atoms with van der Waals surface area (Å²) >= 11 is 8.52. The number of anilines is 1. The summed E-state index contributed by atoms with van der Waals surface area (Å²) in [4.78, 5) is 9.35. The van der Waals surface area contributed by atoms with Gasteiger partial charge in [0.15, 0.2) is 5.82 Å². The molecule has 2 aromatic rings. The molecule has 1 heterocycles. The van der Waals surface area contributed by atoms with Crippen LogP contribution < -0.4 is 10.1 Å². The number of nitrogens with one attached hydrogen (secondary N) is 1. The monoisotopic (exact) mass is 415 g/mol. The Balaban J connectivity index is 2.09. The van der Waals surface area contributed by atoms with Crippen molar-refractivity contribution in [2.45, 2.75) is 18.8 Å². The van der Waals surface area contributed by atoms with Gasteiger partial charge in [0, 0.05) is 18.5 Å². The van der Waals surface area contributed by atoms with E-state index in [1.807, 2.05) is 25.2 Å². The molecule has 0 amide bonds. The lowest BCUT2D eigenvalue weighted by molar-refractivity contribution is 0.415. The molecule has 0 spiro atoms. The van der Waals surface area contributed by atoms with Crippen LogP contribution in [0.15, 0.2) is 18.2 Å². The van der Waals surface area contributed by atoms with Crippen LogP contribution in [0.1, 0.15) is 24.5 Å². The molecule has 21 heavy (non-hydrogen) atoms. The van der Waals surface area contributed by atoms with Gasteiger partial charge in [-0.1, -0.05) is 11.6 Å². The first-order chi connectivity index (χ1) is 10.1. The molecule has 0 saturated heterocycles. The second-order valence-corrected chi connectivity index (χ2v) is 6.45. The van der Waals surface area contributed by atoms with Gasteiger partial charge in [0.1, 0.15) is 11.6 Å². The van der Waals surface area contributed by atoms with Gasteiger partial charge in [0.2, 0.25) is 0 Å². The zero-order valence-corrected chi connectivity index (χ0v) is 14.7. The van der Waals surface area contributed by atoms with E-state index in [2.05, 4.69) is 32.9 Å². The molecule has 1 aliphatic rings. The molecule has 1 aromatic carbocycles. The molecule has 0 aliphatic heterocycles. The first-order valence-corrected chi connectivity index (χ1v) is 8.18. The average molecular weight is 416 g/mol. The van der Waals surface area contributed by atoms with E-state index in [1.54, 1.807) is 7.11 Å². The number of methoxy groups -OCH3 is 1. The van der Waals surface area contributed by atoms with Crippen LogP contribution >= 0.6 is 34.2 Å². The Morgan fingerprint density at radius 1 is 1.33 bits per heavy atom. The molecule has 0 bridgehead atoms. The van der Waals surface area contributed by atoms with Gasteiger partial charge in [-0.25, -0.2) is 9.97 Å². The standard InChI is InChI=1S/C15H15ClIN3O/c1-18-15-12(17)13(8-3-4-8)19-14(20-15)9-5-6-11(21-2)10(16)7-9/h5-8H,3-4H2,1-2H3,(H,18,19,20). The summed E-state index contributed by atoms with van der Waals surface area (Å²) in [5.41, 5.74) is 2.03. The number of halogens is 2. The zero-order chi connectivity index (χ0) is 15.0. The molecule has 1 aromatic heterocycles. The van der Waals surface area contributed by atoms with Crippen LogP contribution in [-0.4, -0.2) is 24.1 Å². The summed E-state index contributed by atoms with van der Waals surface area (Å²) < 4.78 is 6.30. The maximum absolute atomic E-state index is 6.20. The van der Waals surface area contributed by atoms with Gasteiger partial charge in [-0.3, -0.25) is 0 Å². The zero-order valence-electron chi connectivity index (χ0n) is 11.8. The summed E-state index contributed by atoms with van der Waals surface area (Å²) in [6, 6.07) is 5.62. The lowest BCUT2D eigenvalue weighted by atomic mass is 10.2. The number of ether oxygens (including phenoxy) is 1. The summed E-state index contributed by atoms with van der Waals surface area (Å²) in [6.45, 7) is 0. The molecular formula is C15H15ClIN3O. The van der Waals surface area contributed by atoms with Crippen molar-refractivity contribution in [3.8, 4) is 17.1 Å². The maximum atomic E-state index is 6.20. The SMILES string of the molecule is CNc1nc(-c2ccc(OC)c(Cl)c2)nc(C2CC2)c1I. The highest BCUT2D eigenvalue weighted by molar-refractivity contribution is 14.1. The van der Waals surface area contributed by atoms with Crippen molar-refractivity contribution in [1.29, 1.82) is 0 Å². The third kappa shape index (κ3) is 2.94. The highest BCUT2D eigenvalue weighted by Gasteiger charge is 2.29. The fraction of sp³-hybridized carbons (Fsp3) is 0.333. The van der Waals surface area contributed by atoms with Gasteiger partial charge in [-0.15, -0.1) is 0 Å². The van der Waals surface area contributed by atoms with E-state index in [-0.39, 0.29) is 0 Å². The van der Waals surface area contributed by atoms with Crippen LogP contribution in [0.2, 0.25) is 5.02 Å². The normalized spacial score (nSPS) is 14.1. The topological polar surface area (TPSA) is 47.0 Å². The van der Waals surface area contributed by atoms with Gasteiger partial charge < -0.3 is 10.1 Å². The van der Waals surface area contributed by atoms with E-state index in [9.17, 15) is 0 Å². The van der Waals surface area contributed by atoms with Crippen molar-refractivity contribution in [1.82, 2.24) is 9.97 Å². The second-order valence-electron chi connectivity index (χ2n) is 4.97. The van der Waals surface area contributed by atoms with Crippen molar-refractivity contribution in [3.63, 3.8) is 0 Å². The van der Waals surface area contributed by atoms with Gasteiger partial charge in [-0.05, 0) is 53.6 Å². The van der Waals surface area contributed by atoms with E-state index < -0.39 is 0 Å². The number of aromatic nitrogens is 2. The summed E-state index contributed by atoms with van der Waals surface area (Å²) in [5, 5.41) is 3.72. The summed E-state index contributed by atoms with van der Waals surface area (Å²) in [7, 11) is 3.48. The lowest BCUT2D eigenvalue weighted by Gasteiger charge is -2.11. The highest BCUT2D eigenvalue weighted by atomic mass is 127. The van der Waals surface area contributed by atoms with E-state index >= 15 is 0 Å². The number of rotatable bonds is 4. The Kier molecular flexibility index (Phi) is 4.21. The summed E-state index contributed by atoms with van der Waals surface area (Å²) in [6.07, 6.45) is 2.41. The van der Waals surface area contributed by atoms with E-state index in [4.69, 9.17) is 21.3 Å². The fourth-order valence-corrected chi connectivity index (χ4v) is 3.40. The highest BCUT2D eigenvalue weighted by Crippen LogP contribution is 2.43. The van der Waals surface area contributed by atoms with Crippen molar-refractivity contribution in [2.75, 3.05) is 19.5 Å². The molecule has 110 valence electrons. The predicted molar refractivity (Wildman–Crippen MR) is 93.3 cm³/mol. The number of hydrogen-bond acceptors (Lipinski definition) is 4. The Morgan fingerprint density at radius 2 is 2.10 bits per heavy atom. The minimum absolute atomic E-state index is 0.566. The Hall–Kier alpha value is -1.08. The van der Waals surface area contributed by atoms with E-state index in [1.165, 1.54) is 12.8 Å². The van der Waals surface area contributed by atoms with Crippen molar-refractivity contribution < 1.29 is 4.74 Å². The second kappa shape index (κ2) is 5.96. The molecule has 6 heteroatoms. The molecule has 1 N–H and O–H groups in total. The molecule has 4 nitrogen and oxygen atoms in total. The third-order valence-corrected chi connectivity index (χ3v) is 4.85. The molecule has 3 rings (SSSR count). The molecule has 0 atom stereocenters. The van der Waals surface area contributed by atoms with E-state index in [0.29, 0.717) is 22.5 Å². The van der Waals surface area contributed by atoms with Crippen molar-refractivity contribution in [2.24, 2.45) is 0 Å². The van der Waals surface area contributed by atoms with E-state index in [0.717, 1.165) is 20.6 Å². The molecule has 0 unspecified atom stereocenters. The first kappa shape index (κ1) is 14.8. The first-order valence-electron chi connectivity index (χ1n) is 6.73. The minimum atomic E-state index is 0.566. The molecule has 1 saturated carbocycles. The third-order valence-electron chi connectivity index (χ3n) is 3.49. The maximum Gasteiger partial charge on any atom is 0.161 e. The quantitative estimate of drug-likeness (QED) is 0.755. The largest absolute Gasteiger partial charge is 0.495 e. The summed E-state index contributed by atoms with van der Waals surface area (Å²) in [5.74, 6) is 2.79. The van der Waals surface area contributed by atoms with Crippen LogP contribution in [0.25, 0.3) is 11.4 Å². The average Bonchev–Trinajstić information content (AvgIpc) is 3.32. The van der Waals surface area contributed by atoms with Gasteiger partial charge >= 0.3 is 0 Å². The van der Waals surface area contributed by atoms with Crippen LogP contribution in [0.5, 0.6) is 5.75 Å². The van der Waals surface area contributed by atoms with Crippen LogP contribution in [-0.2, 0) is 0 Å². The van der Waals surface area contributed by atoms with Gasteiger partial charge in [-0.2, -0.15) is 0 Å². The predicted octanol–water partition coefficient (Wildman–Crippen LogP) is 4.33. The number of hydrogen-bond donors (Lipinski definition) is 1. The number of benzene rings is 1. The Labute approximate surface area is 142 Å². The molecule has 1 fully saturated rings. The molecule has 0 radical (unpaired) electrons. The van der Waals surface area contributed by atoms with Crippen molar-refractivity contribution >= 4 is 40.0 Å². The van der Waals surface area contributed by atoms with Crippen LogP contribution in [0.3, 0.4) is 0 Å². The number of nitrogens with zero attached hydrogens (tertiary/aromatic N) is 2. The van der Waals surface area contributed by atoms with Gasteiger partial charge in [0.05, 0.1) is 21.4 Å². The van der Waals surface area contributed by atoms with Gasteiger partial charge in [0.25, 0.3) is 0 Å². The Bertz CT molecular complexity index is 689. The van der Waals surface area contributed by atoms with Crippen LogP contribution in [0, 0.1) is 3.57 Å². The van der Waals surface area contributed by atoms with Crippen molar-refractivity contribution in [3.05, 3.63) is 32.5 Å². The molecule has 1 aliphatic carbocycles. The molecular weight excluding hydrogens is 401 g/mol. The smallest absolute Gasteiger partial charge is 0.161 e. The Morgan fingerprint density at radius 3 is 2.67 bits per heavy atom. The lowest BCUT2D eigenvalue weighted by Crippen LogP contribution is -2.04. The fourth-order valence-electron chi connectivity index (χ4n) is 2.19. The minimum Gasteiger partial charge on any atom is -0.495 e. The van der Waals surface area contributed by atoms with Crippen LogP contribution in [0.4, 0.5) is 5.82 Å².